The molecule has 2 aromatic heterocycles. The summed E-state index contributed by atoms with van der Waals surface area (Å²) >= 11 is 1.26. The number of benzene rings is 2. The first-order valence-corrected chi connectivity index (χ1v) is 14.2. The maximum absolute atomic E-state index is 12.6. The number of anilines is 1. The largest absolute Gasteiger partial charge is 0.497 e. The average molecular weight is 526 g/mol. The summed E-state index contributed by atoms with van der Waals surface area (Å²) in [5, 5.41) is 0. The van der Waals surface area contributed by atoms with Gasteiger partial charge in [0.2, 0.25) is 0 Å². The molecule has 0 radical (unpaired) electrons. The van der Waals surface area contributed by atoms with Crippen LogP contribution in [0.15, 0.2) is 59.5 Å². The van der Waals surface area contributed by atoms with Crippen LogP contribution in [0.5, 0.6) is 11.6 Å². The Labute approximate surface area is 214 Å². The van der Waals surface area contributed by atoms with E-state index in [1.54, 1.807) is 19.2 Å². The number of fused-ring (bicyclic) bond motifs is 1. The first kappa shape index (κ1) is 24.5. The second-order valence-electron chi connectivity index (χ2n) is 8.72. The zero-order chi connectivity index (χ0) is 25.3. The minimum absolute atomic E-state index is 0.122. The Morgan fingerprint density at radius 3 is 2.64 bits per heavy atom. The molecule has 0 amide bonds. The van der Waals surface area contributed by atoms with Gasteiger partial charge in [0.05, 0.1) is 36.0 Å². The second kappa shape index (κ2) is 10.0. The number of rotatable bonds is 7. The Balaban J connectivity index is 1.62. The van der Waals surface area contributed by atoms with Crippen molar-refractivity contribution in [2.45, 2.75) is 24.5 Å². The first-order valence-electron chi connectivity index (χ1n) is 11.5. The maximum atomic E-state index is 12.6. The van der Waals surface area contributed by atoms with Crippen LogP contribution in [0.1, 0.15) is 12.5 Å². The molecule has 188 valence electrons. The molecule has 1 unspecified atom stereocenters. The topological polar surface area (TPSA) is 90.9 Å². The maximum Gasteiger partial charge on any atom is 0.252 e. The summed E-state index contributed by atoms with van der Waals surface area (Å²) in [6.07, 6.45) is 1.23. The number of aromatic nitrogens is 2. The third-order valence-electron chi connectivity index (χ3n) is 6.16. The van der Waals surface area contributed by atoms with Crippen LogP contribution < -0.4 is 14.4 Å². The molecule has 10 heteroatoms. The van der Waals surface area contributed by atoms with E-state index >= 15 is 0 Å². The van der Waals surface area contributed by atoms with Gasteiger partial charge in [-0.25, -0.2) is 13.4 Å². The fraction of sp³-hybridized carbons (Fsp3) is 0.308. The monoisotopic (exact) mass is 525 g/mol. The van der Waals surface area contributed by atoms with Gasteiger partial charge in [-0.3, -0.25) is 0 Å². The number of methoxy groups -OCH3 is 1. The van der Waals surface area contributed by atoms with Crippen LogP contribution >= 0.6 is 11.5 Å². The van der Waals surface area contributed by atoms with Crippen LogP contribution in [0.3, 0.4) is 0 Å². The number of sulfone groups is 1. The molecule has 1 aliphatic heterocycles. The SMILES string of the molecule is COc1ccc(COc2nsc3c(-c4ccccc4S(C)(=O)=O)cc(N4CCOCC4C)nc23)cc1. The third-order valence-corrected chi connectivity index (χ3v) is 8.16. The van der Waals surface area contributed by atoms with Gasteiger partial charge in [-0.2, -0.15) is 4.37 Å². The van der Waals surface area contributed by atoms with Gasteiger partial charge in [0.1, 0.15) is 23.7 Å². The smallest absolute Gasteiger partial charge is 0.252 e. The first-order chi connectivity index (χ1) is 17.3. The molecule has 5 rings (SSSR count). The molecule has 0 spiro atoms. The summed E-state index contributed by atoms with van der Waals surface area (Å²) in [7, 11) is -1.83. The number of hydrogen-bond acceptors (Lipinski definition) is 9. The van der Waals surface area contributed by atoms with Crippen molar-refractivity contribution in [2.75, 3.05) is 38.0 Å². The highest BCUT2D eigenvalue weighted by atomic mass is 32.2. The number of hydrogen-bond donors (Lipinski definition) is 0. The Kier molecular flexibility index (Phi) is 6.83. The minimum atomic E-state index is -3.46. The van der Waals surface area contributed by atoms with E-state index in [2.05, 4.69) is 16.2 Å². The van der Waals surface area contributed by atoms with Gasteiger partial charge in [0.25, 0.3) is 5.88 Å². The average Bonchev–Trinajstić information content (AvgIpc) is 3.30. The van der Waals surface area contributed by atoms with E-state index in [0.717, 1.165) is 27.4 Å². The molecule has 0 saturated carbocycles. The molecular weight excluding hydrogens is 498 g/mol. The standard InChI is InChI=1S/C26H27N3O5S2/c1-17-15-33-13-12-29(17)23-14-21(20-6-4-5-7-22(20)36(3,30)31)25-24(27-23)26(28-35-25)34-16-18-8-10-19(32-2)11-9-18/h4-11,14,17H,12-13,15-16H2,1-3H3. The fourth-order valence-corrected chi connectivity index (χ4v) is 5.99. The molecule has 0 aliphatic carbocycles. The van der Waals surface area contributed by atoms with Gasteiger partial charge in [-0.1, -0.05) is 30.3 Å². The summed E-state index contributed by atoms with van der Waals surface area (Å²) < 4.78 is 47.6. The van der Waals surface area contributed by atoms with Crippen molar-refractivity contribution in [3.63, 3.8) is 0 Å². The lowest BCUT2D eigenvalue weighted by Crippen LogP contribution is -2.44. The molecule has 1 aliphatic rings. The molecule has 0 N–H and O–H groups in total. The van der Waals surface area contributed by atoms with Crippen molar-refractivity contribution in [1.29, 1.82) is 0 Å². The number of pyridine rings is 1. The summed E-state index contributed by atoms with van der Waals surface area (Å²) in [6.45, 7) is 4.28. The Morgan fingerprint density at radius 1 is 1.14 bits per heavy atom. The summed E-state index contributed by atoms with van der Waals surface area (Å²) in [4.78, 5) is 7.40. The Hall–Kier alpha value is -3.21. The number of ether oxygens (including phenoxy) is 3. The zero-order valence-electron chi connectivity index (χ0n) is 20.3. The molecule has 36 heavy (non-hydrogen) atoms. The van der Waals surface area contributed by atoms with Crippen molar-refractivity contribution >= 4 is 37.4 Å². The third kappa shape index (κ3) is 4.88. The summed E-state index contributed by atoms with van der Waals surface area (Å²) in [5.41, 5.74) is 2.98. The molecule has 1 saturated heterocycles. The van der Waals surface area contributed by atoms with E-state index in [1.165, 1.54) is 17.8 Å². The lowest BCUT2D eigenvalue weighted by molar-refractivity contribution is 0.0986. The fourth-order valence-electron chi connectivity index (χ4n) is 4.28. The highest BCUT2D eigenvalue weighted by Crippen LogP contribution is 2.40. The number of nitrogens with zero attached hydrogens (tertiary/aromatic N) is 3. The Morgan fingerprint density at radius 2 is 1.92 bits per heavy atom. The summed E-state index contributed by atoms with van der Waals surface area (Å²) in [5.74, 6) is 1.94. The van der Waals surface area contributed by atoms with Crippen LogP contribution in [-0.2, 0) is 21.2 Å². The predicted molar refractivity (Wildman–Crippen MR) is 141 cm³/mol. The minimum Gasteiger partial charge on any atom is -0.497 e. The molecule has 0 bridgehead atoms. The van der Waals surface area contributed by atoms with E-state index in [1.807, 2.05) is 42.5 Å². The molecule has 8 nitrogen and oxygen atoms in total. The molecule has 1 fully saturated rings. The van der Waals surface area contributed by atoms with Gasteiger partial charge in [-0.05, 0) is 48.3 Å². The van der Waals surface area contributed by atoms with Crippen LogP contribution in [0.25, 0.3) is 21.3 Å². The van der Waals surface area contributed by atoms with Gasteiger partial charge in [-0.15, -0.1) is 0 Å². The van der Waals surface area contributed by atoms with E-state index in [-0.39, 0.29) is 10.9 Å². The van der Waals surface area contributed by atoms with Crippen LogP contribution in [-0.4, -0.2) is 56.9 Å². The van der Waals surface area contributed by atoms with E-state index in [0.29, 0.717) is 43.3 Å². The molecule has 4 aromatic rings. The van der Waals surface area contributed by atoms with Crippen molar-refractivity contribution < 1.29 is 22.6 Å². The van der Waals surface area contributed by atoms with Crippen molar-refractivity contribution in [3.05, 3.63) is 60.2 Å². The quantitative estimate of drug-likeness (QED) is 0.347. The Bertz CT molecular complexity index is 1490. The highest BCUT2D eigenvalue weighted by Gasteiger charge is 2.25. The second-order valence-corrected chi connectivity index (χ2v) is 11.5. The van der Waals surface area contributed by atoms with E-state index < -0.39 is 9.84 Å². The predicted octanol–water partition coefficient (Wildman–Crippen LogP) is 4.57. The van der Waals surface area contributed by atoms with Crippen LogP contribution in [0.2, 0.25) is 0 Å². The van der Waals surface area contributed by atoms with Gasteiger partial charge >= 0.3 is 0 Å². The van der Waals surface area contributed by atoms with Crippen LogP contribution in [0, 0.1) is 0 Å². The van der Waals surface area contributed by atoms with E-state index in [9.17, 15) is 8.42 Å². The molecule has 2 aromatic carbocycles. The normalized spacial score (nSPS) is 16.3. The van der Waals surface area contributed by atoms with Gasteiger partial charge in [0, 0.05) is 23.9 Å². The number of morpholine rings is 1. The molecule has 1 atom stereocenters. The van der Waals surface area contributed by atoms with Crippen molar-refractivity contribution in [2.24, 2.45) is 0 Å². The van der Waals surface area contributed by atoms with Gasteiger partial charge in [0.15, 0.2) is 9.84 Å². The van der Waals surface area contributed by atoms with Crippen LogP contribution in [0.4, 0.5) is 5.82 Å². The highest BCUT2D eigenvalue weighted by molar-refractivity contribution is 7.90. The van der Waals surface area contributed by atoms with E-state index in [4.69, 9.17) is 19.2 Å². The van der Waals surface area contributed by atoms with Crippen molar-refractivity contribution in [1.82, 2.24) is 9.36 Å². The molecule has 3 heterocycles. The lowest BCUT2D eigenvalue weighted by atomic mass is 10.1. The summed E-state index contributed by atoms with van der Waals surface area (Å²) in [6, 6.07) is 16.8. The lowest BCUT2D eigenvalue weighted by Gasteiger charge is -2.34. The van der Waals surface area contributed by atoms with Gasteiger partial charge < -0.3 is 19.1 Å². The zero-order valence-corrected chi connectivity index (χ0v) is 21.9. The van der Waals surface area contributed by atoms with Crippen molar-refractivity contribution in [3.8, 4) is 22.8 Å². The molecular formula is C26H27N3O5S2.